The van der Waals surface area contributed by atoms with E-state index in [9.17, 15) is 41.6 Å². The summed E-state index contributed by atoms with van der Waals surface area (Å²) in [5, 5.41) is 7.73. The smallest absolute Gasteiger partial charge is 0.410 e. The first-order valence-corrected chi connectivity index (χ1v) is 22.4. The number of carbonyl (C=O) groups excluding carboxylic acids is 6. The lowest BCUT2D eigenvalue weighted by Crippen LogP contribution is -2.62. The molecule has 7 rings (SSSR count). The molecule has 1 saturated heterocycles. The third-order valence-electron chi connectivity index (χ3n) is 12.4. The zero-order valence-corrected chi connectivity index (χ0v) is 35.3. The van der Waals surface area contributed by atoms with Crippen LogP contribution in [0.1, 0.15) is 100 Å². The number of fused-ring (bicyclic) bond motifs is 1. The molecular formula is C42H53FN8O9S. The summed E-state index contributed by atoms with van der Waals surface area (Å²) in [5.74, 6) is -4.95. The summed E-state index contributed by atoms with van der Waals surface area (Å²) in [6, 6.07) is 0.898. The molecule has 6 atom stereocenters. The number of hydrogen-bond acceptors (Lipinski definition) is 11. The van der Waals surface area contributed by atoms with Crippen LogP contribution in [-0.4, -0.2) is 105 Å². The molecule has 4 fully saturated rings. The summed E-state index contributed by atoms with van der Waals surface area (Å²) >= 11 is 0. The van der Waals surface area contributed by atoms with E-state index in [-0.39, 0.29) is 44.1 Å². The lowest BCUT2D eigenvalue weighted by molar-refractivity contribution is -0.145. The molecule has 328 valence electrons. The predicted octanol–water partition coefficient (Wildman–Crippen LogP) is 2.62. The normalized spacial score (nSPS) is 24.8. The number of ether oxygens (including phenoxy) is 1. The van der Waals surface area contributed by atoms with Crippen LogP contribution in [0, 0.1) is 23.1 Å². The van der Waals surface area contributed by atoms with E-state index in [0.717, 1.165) is 19.3 Å². The number of nitrogens with one attached hydrogen (secondary N) is 4. The lowest BCUT2D eigenvalue weighted by Gasteiger charge is -2.37. The van der Waals surface area contributed by atoms with Crippen molar-refractivity contribution in [1.29, 1.82) is 0 Å². The average Bonchev–Trinajstić information content (AvgIpc) is 4.12. The number of nitrogens with zero attached hydrogens (tertiary/aromatic N) is 4. The Morgan fingerprint density at radius 1 is 1.02 bits per heavy atom. The molecule has 0 bridgehead atoms. The highest BCUT2D eigenvalue weighted by molar-refractivity contribution is 7.91. The molecular weight excluding hydrogens is 812 g/mol. The number of likely N-dealkylation sites (tertiary alicyclic amines) is 1. The van der Waals surface area contributed by atoms with Gasteiger partial charge in [-0.1, -0.05) is 58.2 Å². The van der Waals surface area contributed by atoms with Crippen molar-refractivity contribution >= 4 is 45.7 Å². The van der Waals surface area contributed by atoms with Gasteiger partial charge in [0.1, 0.15) is 41.3 Å². The van der Waals surface area contributed by atoms with Crippen molar-refractivity contribution in [3.63, 3.8) is 0 Å². The van der Waals surface area contributed by atoms with Crippen LogP contribution in [0.5, 0.6) is 0 Å². The van der Waals surface area contributed by atoms with Crippen LogP contribution in [0.15, 0.2) is 49.4 Å². The molecule has 5 aliphatic rings. The van der Waals surface area contributed by atoms with Crippen molar-refractivity contribution in [3.05, 3.63) is 72.1 Å². The Kier molecular flexibility index (Phi) is 12.2. The van der Waals surface area contributed by atoms with Crippen molar-refractivity contribution < 1.29 is 46.3 Å². The lowest BCUT2D eigenvalue weighted by atomic mass is 9.82. The Labute approximate surface area is 354 Å². The van der Waals surface area contributed by atoms with Crippen LogP contribution >= 0.6 is 0 Å². The summed E-state index contributed by atoms with van der Waals surface area (Å²) < 4.78 is 48.1. The van der Waals surface area contributed by atoms with Crippen molar-refractivity contribution in [2.24, 2.45) is 17.3 Å². The number of benzene rings is 1. The standard InChI is InChI=1S/C42H53FN8O9S/c1-5-26-19-42(26,39(56)49-61(58,59)28-14-15-28)48-36(53)32-18-27(60-40(57)50-21-25-12-9-13-30(43)29(25)23-50)22-51(32)38(55)34(41(2,3)4)47-37(54)33(24-10-7-6-8-11-24)46-35(52)31-20-44-16-17-45-31/h5,9,12-13,16-17,20,24,26-28,32-34H,1,6-8,10-11,14-15,18-19,21-23H2,2-4H3,(H,46,52)(H,47,54)(H,48,53)(H,49,56)/t26-,27+,32?,33-,34+,42-/m0/s1. The van der Waals surface area contributed by atoms with Gasteiger partial charge in [-0.15, -0.1) is 6.58 Å². The molecule has 1 aromatic heterocycles. The van der Waals surface area contributed by atoms with Gasteiger partial charge >= 0.3 is 6.09 Å². The Morgan fingerprint density at radius 3 is 2.38 bits per heavy atom. The number of aromatic nitrogens is 2. The van der Waals surface area contributed by atoms with Gasteiger partial charge in [-0.05, 0) is 55.1 Å². The highest BCUT2D eigenvalue weighted by atomic mass is 32.2. The molecule has 2 aromatic rings. The molecule has 17 nitrogen and oxygen atoms in total. The van der Waals surface area contributed by atoms with Crippen molar-refractivity contribution in [2.75, 3.05) is 6.54 Å². The van der Waals surface area contributed by atoms with E-state index in [0.29, 0.717) is 36.8 Å². The van der Waals surface area contributed by atoms with E-state index in [1.807, 2.05) is 0 Å². The first kappa shape index (κ1) is 43.6. The molecule has 3 heterocycles. The predicted molar refractivity (Wildman–Crippen MR) is 217 cm³/mol. The topological polar surface area (TPSA) is 226 Å². The third-order valence-corrected chi connectivity index (χ3v) is 14.3. The fourth-order valence-corrected chi connectivity index (χ4v) is 10.0. The maximum Gasteiger partial charge on any atom is 0.410 e. The van der Waals surface area contributed by atoms with Crippen molar-refractivity contribution in [1.82, 2.24) is 40.4 Å². The van der Waals surface area contributed by atoms with Gasteiger partial charge in [-0.25, -0.2) is 22.6 Å². The second-order valence-corrected chi connectivity index (χ2v) is 19.9. The van der Waals surface area contributed by atoms with Crippen LogP contribution in [0.25, 0.3) is 0 Å². The minimum Gasteiger partial charge on any atom is -0.444 e. The van der Waals surface area contributed by atoms with Crippen LogP contribution in [-0.2, 0) is 47.0 Å². The second-order valence-electron chi connectivity index (χ2n) is 17.9. The van der Waals surface area contributed by atoms with E-state index in [1.165, 1.54) is 40.5 Å². The molecule has 6 amide bonds. The molecule has 3 saturated carbocycles. The van der Waals surface area contributed by atoms with E-state index in [4.69, 9.17) is 4.74 Å². The Balaban J connectivity index is 1.14. The monoisotopic (exact) mass is 864 g/mol. The molecule has 61 heavy (non-hydrogen) atoms. The summed E-state index contributed by atoms with van der Waals surface area (Å²) in [6.45, 7) is 8.71. The zero-order valence-electron chi connectivity index (χ0n) is 34.5. The summed E-state index contributed by atoms with van der Waals surface area (Å²) in [7, 11) is -3.98. The minimum absolute atomic E-state index is 0.0139. The van der Waals surface area contributed by atoms with Gasteiger partial charge in [-0.3, -0.25) is 38.6 Å². The van der Waals surface area contributed by atoms with Gasteiger partial charge in [-0.2, -0.15) is 0 Å². The molecule has 0 spiro atoms. The number of rotatable bonds is 13. The number of hydrogen-bond donors (Lipinski definition) is 4. The summed E-state index contributed by atoms with van der Waals surface area (Å²) in [4.78, 5) is 94.7. The van der Waals surface area contributed by atoms with Crippen LogP contribution in [0.3, 0.4) is 0 Å². The largest absolute Gasteiger partial charge is 0.444 e. The van der Waals surface area contributed by atoms with Crippen LogP contribution in [0.2, 0.25) is 0 Å². The Bertz CT molecular complexity index is 2190. The van der Waals surface area contributed by atoms with Crippen LogP contribution < -0.4 is 20.7 Å². The number of halogens is 1. The van der Waals surface area contributed by atoms with Crippen molar-refractivity contribution in [2.45, 2.75) is 127 Å². The highest BCUT2D eigenvalue weighted by Gasteiger charge is 2.62. The van der Waals surface area contributed by atoms with E-state index < -0.39 is 97.8 Å². The molecule has 1 unspecified atom stereocenters. The van der Waals surface area contributed by atoms with Gasteiger partial charge in [0.15, 0.2) is 0 Å². The van der Waals surface area contributed by atoms with E-state index in [1.54, 1.807) is 32.9 Å². The fraction of sp³-hybridized carbons (Fsp3) is 0.571. The molecule has 0 radical (unpaired) electrons. The minimum atomic E-state index is -3.98. The fourth-order valence-electron chi connectivity index (χ4n) is 8.66. The van der Waals surface area contributed by atoms with Gasteiger partial charge in [0, 0.05) is 36.8 Å². The molecule has 2 aliphatic heterocycles. The highest BCUT2D eigenvalue weighted by Crippen LogP contribution is 2.45. The quantitative estimate of drug-likeness (QED) is 0.214. The molecule has 4 N–H and O–H groups in total. The Morgan fingerprint density at radius 2 is 1.75 bits per heavy atom. The van der Waals surface area contributed by atoms with Crippen molar-refractivity contribution in [3.8, 4) is 0 Å². The van der Waals surface area contributed by atoms with E-state index in [2.05, 4.69) is 37.2 Å². The SMILES string of the molecule is C=C[C@H]1C[C@@]1(NC(=O)C1C[C@@H](OC(=O)N2Cc3cccc(F)c3C2)CN1C(=O)[C@@H](NC(=O)[C@@H](NC(=O)c1cnccn1)C1CCCCC1)C(C)(C)C)C(=O)NS(=O)(=O)C1CC1. The summed E-state index contributed by atoms with van der Waals surface area (Å²) in [5.41, 5.74) is -1.64. The first-order chi connectivity index (χ1) is 28.9. The second kappa shape index (κ2) is 17.1. The number of carbonyl (C=O) groups is 6. The van der Waals surface area contributed by atoms with Gasteiger partial charge in [0.25, 0.3) is 11.8 Å². The average molecular weight is 865 g/mol. The number of amides is 6. The van der Waals surface area contributed by atoms with Crippen LogP contribution in [0.4, 0.5) is 9.18 Å². The Hall–Kier alpha value is -5.46. The first-order valence-electron chi connectivity index (χ1n) is 20.8. The molecule has 1 aromatic carbocycles. The maximum absolute atomic E-state index is 14.9. The maximum atomic E-state index is 14.9. The number of sulfonamides is 1. The molecule has 3 aliphatic carbocycles. The van der Waals surface area contributed by atoms with Gasteiger partial charge < -0.3 is 25.6 Å². The van der Waals surface area contributed by atoms with Gasteiger partial charge in [0.05, 0.1) is 24.5 Å². The third kappa shape index (κ3) is 9.40. The van der Waals surface area contributed by atoms with Gasteiger partial charge in [0.2, 0.25) is 27.7 Å². The zero-order chi connectivity index (χ0) is 43.9. The molecule has 19 heteroatoms. The van der Waals surface area contributed by atoms with E-state index >= 15 is 0 Å². The summed E-state index contributed by atoms with van der Waals surface area (Å²) in [6.07, 6.45) is 8.32.